The van der Waals surface area contributed by atoms with E-state index < -0.39 is 0 Å². The molecule has 2 fully saturated rings. The zero-order valence-electron chi connectivity index (χ0n) is 15.3. The second-order valence-electron chi connectivity index (χ2n) is 7.79. The van der Waals surface area contributed by atoms with Crippen LogP contribution in [0.5, 0.6) is 17.2 Å². The van der Waals surface area contributed by atoms with Crippen LogP contribution in [0.15, 0.2) is 24.5 Å². The van der Waals surface area contributed by atoms with Crippen LogP contribution in [0, 0.1) is 17.8 Å². The highest BCUT2D eigenvalue weighted by Gasteiger charge is 2.39. The molecule has 2 aromatic rings. The lowest BCUT2D eigenvalue weighted by atomic mass is 9.92. The van der Waals surface area contributed by atoms with Crippen molar-refractivity contribution in [2.75, 3.05) is 20.3 Å². The first kappa shape index (κ1) is 16.0. The molecule has 3 atom stereocenters. The Morgan fingerprint density at radius 2 is 1.96 bits per heavy atom. The number of nitrogens with zero attached hydrogens (tertiary/aromatic N) is 2. The highest BCUT2D eigenvalue weighted by molar-refractivity contribution is 5.70. The van der Waals surface area contributed by atoms with Gasteiger partial charge in [0.05, 0.1) is 12.7 Å². The lowest BCUT2D eigenvalue weighted by molar-refractivity contribution is 0.171. The second kappa shape index (κ2) is 6.53. The number of fused-ring (bicyclic) bond motifs is 2. The van der Waals surface area contributed by atoms with Crippen molar-refractivity contribution in [1.29, 1.82) is 0 Å². The van der Waals surface area contributed by atoms with Crippen molar-refractivity contribution in [2.45, 2.75) is 38.6 Å². The maximum Gasteiger partial charge on any atom is 0.165 e. The maximum absolute atomic E-state index is 5.77. The van der Waals surface area contributed by atoms with Crippen LogP contribution in [0.4, 0.5) is 0 Å². The first-order valence-electron chi connectivity index (χ1n) is 9.82. The number of methoxy groups -OCH3 is 1. The summed E-state index contributed by atoms with van der Waals surface area (Å²) in [6.07, 6.45) is 11.0. The Balaban J connectivity index is 1.47. The molecule has 5 nitrogen and oxygen atoms in total. The minimum Gasteiger partial charge on any atom is -0.496 e. The molecule has 1 aromatic carbocycles. The predicted molar refractivity (Wildman–Crippen MR) is 98.8 cm³/mol. The summed E-state index contributed by atoms with van der Waals surface area (Å²) in [5.41, 5.74) is 0.975. The van der Waals surface area contributed by atoms with Gasteiger partial charge >= 0.3 is 0 Å². The van der Waals surface area contributed by atoms with E-state index in [1.165, 1.54) is 32.1 Å². The van der Waals surface area contributed by atoms with Crippen LogP contribution in [0.3, 0.4) is 0 Å². The fourth-order valence-electron chi connectivity index (χ4n) is 5.28. The summed E-state index contributed by atoms with van der Waals surface area (Å²) < 4.78 is 19.4. The molecule has 0 amide bonds. The summed E-state index contributed by atoms with van der Waals surface area (Å²) in [7, 11) is 1.70. The third-order valence-corrected chi connectivity index (χ3v) is 6.48. The number of hydrogen-bond acceptors (Lipinski definition) is 4. The Labute approximate surface area is 154 Å². The van der Waals surface area contributed by atoms with E-state index in [2.05, 4.69) is 15.7 Å². The standard InChI is InChI=1S/C21H26N2O3/c1-24-18-12-20-19(25-9-10-26-20)11-17(18)21-22-7-8-23(21)13-15-6-5-14-3-2-4-16(14)15/h7-8,11-12,14-16H,2-6,9-10,13H2,1H3/t14-,15+,16-/m1/s1. The van der Waals surface area contributed by atoms with Gasteiger partial charge in [0.25, 0.3) is 0 Å². The van der Waals surface area contributed by atoms with Gasteiger partial charge in [-0.1, -0.05) is 12.8 Å². The van der Waals surface area contributed by atoms with Gasteiger partial charge in [-0.25, -0.2) is 4.98 Å². The molecule has 138 valence electrons. The van der Waals surface area contributed by atoms with Gasteiger partial charge in [0.15, 0.2) is 11.5 Å². The van der Waals surface area contributed by atoms with E-state index >= 15 is 0 Å². The Hall–Kier alpha value is -2.17. The smallest absolute Gasteiger partial charge is 0.165 e. The maximum atomic E-state index is 5.77. The summed E-state index contributed by atoms with van der Waals surface area (Å²) in [5, 5.41) is 0. The Morgan fingerprint density at radius 3 is 2.81 bits per heavy atom. The van der Waals surface area contributed by atoms with E-state index in [4.69, 9.17) is 14.2 Å². The third-order valence-electron chi connectivity index (χ3n) is 6.48. The van der Waals surface area contributed by atoms with E-state index in [0.29, 0.717) is 13.2 Å². The first-order chi connectivity index (χ1) is 12.8. The summed E-state index contributed by atoms with van der Waals surface area (Å²) >= 11 is 0. The molecule has 2 saturated carbocycles. The van der Waals surface area contributed by atoms with Gasteiger partial charge in [-0.3, -0.25) is 0 Å². The summed E-state index contributed by atoms with van der Waals surface area (Å²) in [5.74, 6) is 5.92. The van der Waals surface area contributed by atoms with Gasteiger partial charge in [0, 0.05) is 25.0 Å². The Morgan fingerprint density at radius 1 is 1.12 bits per heavy atom. The molecule has 26 heavy (non-hydrogen) atoms. The number of rotatable bonds is 4. The van der Waals surface area contributed by atoms with Crippen LogP contribution < -0.4 is 14.2 Å². The topological polar surface area (TPSA) is 45.5 Å². The molecular formula is C21H26N2O3. The molecule has 5 rings (SSSR count). The minimum absolute atomic E-state index is 0.578. The molecule has 0 N–H and O–H groups in total. The second-order valence-corrected chi connectivity index (χ2v) is 7.79. The zero-order chi connectivity index (χ0) is 17.5. The fourth-order valence-corrected chi connectivity index (χ4v) is 5.28. The van der Waals surface area contributed by atoms with Gasteiger partial charge in [0.2, 0.25) is 0 Å². The van der Waals surface area contributed by atoms with E-state index in [1.54, 1.807) is 7.11 Å². The molecule has 1 aromatic heterocycles. The van der Waals surface area contributed by atoms with E-state index in [0.717, 1.165) is 52.9 Å². The van der Waals surface area contributed by atoms with Crippen molar-refractivity contribution < 1.29 is 14.2 Å². The highest BCUT2D eigenvalue weighted by atomic mass is 16.6. The normalized spacial score (nSPS) is 26.7. The predicted octanol–water partition coefficient (Wildman–Crippen LogP) is 4.16. The lowest BCUT2D eigenvalue weighted by Crippen LogP contribution is -2.17. The van der Waals surface area contributed by atoms with E-state index in [9.17, 15) is 0 Å². The largest absolute Gasteiger partial charge is 0.496 e. The lowest BCUT2D eigenvalue weighted by Gasteiger charge is -2.22. The Bertz CT molecular complexity index is 801. The van der Waals surface area contributed by atoms with Gasteiger partial charge in [-0.05, 0) is 43.1 Å². The highest BCUT2D eigenvalue weighted by Crippen LogP contribution is 2.48. The number of ether oxygens (including phenoxy) is 3. The molecule has 1 aliphatic heterocycles. The van der Waals surface area contributed by atoms with Crippen LogP contribution in [0.2, 0.25) is 0 Å². The number of imidazole rings is 1. The molecule has 0 bridgehead atoms. The summed E-state index contributed by atoms with van der Waals surface area (Å²) in [4.78, 5) is 4.66. The summed E-state index contributed by atoms with van der Waals surface area (Å²) in [6, 6.07) is 3.94. The van der Waals surface area contributed by atoms with E-state index in [1.807, 2.05) is 18.3 Å². The van der Waals surface area contributed by atoms with Crippen molar-refractivity contribution in [2.24, 2.45) is 17.8 Å². The number of benzene rings is 1. The van der Waals surface area contributed by atoms with Crippen LogP contribution in [0.25, 0.3) is 11.4 Å². The van der Waals surface area contributed by atoms with Gasteiger partial charge in [-0.2, -0.15) is 0 Å². The fraction of sp³-hybridized carbons (Fsp3) is 0.571. The minimum atomic E-state index is 0.578. The molecular weight excluding hydrogens is 328 g/mol. The molecule has 0 saturated heterocycles. The van der Waals surface area contributed by atoms with Gasteiger partial charge < -0.3 is 18.8 Å². The first-order valence-corrected chi connectivity index (χ1v) is 9.82. The van der Waals surface area contributed by atoms with Crippen molar-refractivity contribution >= 4 is 0 Å². The summed E-state index contributed by atoms with van der Waals surface area (Å²) in [6.45, 7) is 2.21. The molecule has 2 aliphatic carbocycles. The monoisotopic (exact) mass is 354 g/mol. The van der Waals surface area contributed by atoms with Crippen molar-refractivity contribution in [3.05, 3.63) is 24.5 Å². The van der Waals surface area contributed by atoms with Gasteiger partial charge in [-0.15, -0.1) is 0 Å². The van der Waals surface area contributed by atoms with Crippen LogP contribution in [0.1, 0.15) is 32.1 Å². The SMILES string of the molecule is COc1cc2c(cc1-c1nccn1C[C@@H]1CC[C@H]3CCC[C@H]31)OCCO2. The average molecular weight is 354 g/mol. The van der Waals surface area contributed by atoms with Gasteiger partial charge in [0.1, 0.15) is 24.8 Å². The van der Waals surface area contributed by atoms with E-state index in [-0.39, 0.29) is 0 Å². The number of hydrogen-bond donors (Lipinski definition) is 0. The molecule has 3 aliphatic rings. The molecule has 0 unspecified atom stereocenters. The molecule has 0 spiro atoms. The zero-order valence-corrected chi connectivity index (χ0v) is 15.3. The third kappa shape index (κ3) is 2.65. The Kier molecular flexibility index (Phi) is 4.03. The van der Waals surface area contributed by atoms with Crippen LogP contribution >= 0.6 is 0 Å². The van der Waals surface area contributed by atoms with Crippen LogP contribution in [-0.4, -0.2) is 29.9 Å². The number of aromatic nitrogens is 2. The quantitative estimate of drug-likeness (QED) is 0.827. The van der Waals surface area contributed by atoms with Crippen molar-refractivity contribution in [3.63, 3.8) is 0 Å². The molecule has 5 heteroatoms. The van der Waals surface area contributed by atoms with Crippen molar-refractivity contribution in [1.82, 2.24) is 9.55 Å². The molecule has 0 radical (unpaired) electrons. The van der Waals surface area contributed by atoms with Crippen LogP contribution in [-0.2, 0) is 6.54 Å². The van der Waals surface area contributed by atoms with Crippen molar-refractivity contribution in [3.8, 4) is 28.6 Å². The molecule has 2 heterocycles. The average Bonchev–Trinajstić information content (AvgIpc) is 3.39.